The van der Waals surface area contributed by atoms with Crippen molar-refractivity contribution in [2.45, 2.75) is 141 Å². The molecule has 671 valence electrons. The molecule has 2 atom stereocenters. The molecule has 0 aliphatic carbocycles. The number of carbonyl (C=O) groups excluding carboxylic acids is 30. The maximum atomic E-state index is 7.75. The van der Waals surface area contributed by atoms with E-state index in [0.29, 0.717) is 41.9 Å². The summed E-state index contributed by atoms with van der Waals surface area (Å²) >= 11 is 0. The summed E-state index contributed by atoms with van der Waals surface area (Å²) in [5.74, 6) is 1.49. The first-order valence-electron chi connectivity index (χ1n) is 23.3. The molecule has 0 amide bonds. The summed E-state index contributed by atoms with van der Waals surface area (Å²) in [7, 11) is 0. The average molecular weight is 2520 g/mol. The standard InChI is InChI=1S/C9H17N.C8H15N.C8H13N.C7H13N.C7H11N.30CHO.2CH3.10Ru/c1-5-9(4)10-7-6-8(2)3;1-7(2)5-6-9-8(3)4;1-4-6-7-9-8(3)5-2;1-4-8-6-5-7(2)3;1-4-5-6-8-7(2)3;30*1-2;;;;;;;;;;;;/h7-9H,5H2,1-4H3;6-8H,1-4H3;1,4,6-8H,5H2,2-3H3;6-7H,4H2,1-3H3;1,4-7H,2-3H3;30*1H;2*1H3;;;;;;;;;;/q5*-2;32*-1;2*+3;3*+4;3*+5;2*+6. The van der Waals surface area contributed by atoms with Gasteiger partial charge in [-0.1, -0.05) is 89.5 Å². The van der Waals surface area contributed by atoms with Gasteiger partial charge in [0.15, 0.2) is 0 Å². The second kappa shape index (κ2) is 1050. The number of nitrogens with zero attached hydrogens (tertiary/aromatic N) is 5. The van der Waals surface area contributed by atoms with Gasteiger partial charge in [0, 0.05) is 12.1 Å². The van der Waals surface area contributed by atoms with Crippen LogP contribution in [0.25, 0.3) is 16.0 Å². The normalized spacial score (nSPS) is 5.72. The Bertz CT molecular complexity index is 1150. The van der Waals surface area contributed by atoms with Crippen molar-refractivity contribution in [1.29, 1.82) is 0 Å². The molecule has 0 fully saturated rings. The van der Waals surface area contributed by atoms with Gasteiger partial charge in [-0.05, 0) is 27.2 Å². The third-order valence-electron chi connectivity index (χ3n) is 4.50. The molecular weight excluding hydrogens is 2410 g/mol. The number of hydrogen-bond acceptors (Lipinski definition) is 32. The van der Waals surface area contributed by atoms with Gasteiger partial charge >= 0.3 is 195 Å². The minimum absolute atomic E-state index is 0. The van der Waals surface area contributed by atoms with Gasteiger partial charge in [0.1, 0.15) is 0 Å². The van der Waals surface area contributed by atoms with Crippen molar-refractivity contribution in [2.75, 3.05) is 6.54 Å². The van der Waals surface area contributed by atoms with E-state index in [9.17, 15) is 0 Å². The van der Waals surface area contributed by atoms with Crippen LogP contribution < -0.4 is 0 Å². The minimum Gasteiger partial charge on any atom is -0.721 e. The maximum Gasteiger partial charge on any atom is 6.00 e. The van der Waals surface area contributed by atoms with Crippen LogP contribution in [0.1, 0.15) is 117 Å². The van der Waals surface area contributed by atoms with E-state index in [0.717, 1.165) is 19.4 Å². The fourth-order valence-corrected chi connectivity index (χ4v) is 1.68. The van der Waals surface area contributed by atoms with Gasteiger partial charge in [0.05, 0.1) is 0 Å². The zero-order valence-corrected chi connectivity index (χ0v) is 83.7. The Kier molecular flexibility index (Phi) is 3000. The van der Waals surface area contributed by atoms with Crippen LogP contribution >= 0.6 is 0 Å². The van der Waals surface area contributed by atoms with Gasteiger partial charge < -0.3 is 260 Å². The van der Waals surface area contributed by atoms with E-state index >= 15 is 0 Å². The van der Waals surface area contributed by atoms with Gasteiger partial charge in [-0.2, -0.15) is 17.8 Å². The van der Waals surface area contributed by atoms with Crippen LogP contribution in [0.5, 0.6) is 0 Å². The molecule has 0 heterocycles. The molecule has 0 N–H and O–H groups in total. The zero-order chi connectivity index (χ0) is 95.2. The van der Waals surface area contributed by atoms with E-state index in [4.69, 9.17) is 157 Å². The Morgan fingerprint density at radius 2 is 0.457 bits per heavy atom. The third-order valence-corrected chi connectivity index (χ3v) is 4.50. The summed E-state index contributed by atoms with van der Waals surface area (Å²) in [5, 5.41) is 12.4. The Morgan fingerprint density at radius 1 is 0.293 bits per heavy atom. The molecule has 0 aromatic carbocycles. The molecule has 35 nitrogen and oxygen atoms in total. The van der Waals surface area contributed by atoms with Crippen molar-refractivity contribution in [3.05, 3.63) is 106 Å². The summed E-state index contributed by atoms with van der Waals surface area (Å²) in [5.41, 5.74) is 0. The van der Waals surface area contributed by atoms with Gasteiger partial charge in [-0.25, -0.2) is 0 Å². The largest absolute Gasteiger partial charge is 6.00 e. The average Bonchev–Trinajstić information content (AvgIpc) is 1.09. The molecule has 45 heteroatoms. The molecule has 0 rings (SSSR count). The predicted molar refractivity (Wildman–Crippen MR) is 417 cm³/mol. The van der Waals surface area contributed by atoms with Crippen LogP contribution in [0.3, 0.4) is 0 Å². The molecule has 0 bridgehead atoms. The first-order valence-corrected chi connectivity index (χ1v) is 23.3. The van der Waals surface area contributed by atoms with Crippen LogP contribution in [0.2, 0.25) is 0 Å². The number of allylic oxidation sites excluding steroid dienone is 5. The van der Waals surface area contributed by atoms with E-state index in [2.05, 4.69) is 331 Å². The van der Waals surface area contributed by atoms with Gasteiger partial charge in [-0.3, -0.25) is 204 Å². The molecule has 0 aliphatic heterocycles. The van der Waals surface area contributed by atoms with E-state index in [1.165, 1.54) is 12.2 Å². The molecule has 0 spiro atoms. The Labute approximate surface area is 827 Å². The summed E-state index contributed by atoms with van der Waals surface area (Å²) in [6.45, 7) is 140. The van der Waals surface area contributed by atoms with E-state index < -0.39 is 0 Å². The van der Waals surface area contributed by atoms with Crippen LogP contribution in [0.15, 0.2) is 40.7 Å². The second-order valence-electron chi connectivity index (χ2n) is 11.2. The van der Waals surface area contributed by atoms with Gasteiger partial charge in [-0.15, -0.1) is 31.1 Å². The maximum absolute atomic E-state index is 7.75. The van der Waals surface area contributed by atoms with Crippen molar-refractivity contribution in [1.82, 2.24) is 0 Å². The van der Waals surface area contributed by atoms with E-state index in [-0.39, 0.29) is 210 Å². The van der Waals surface area contributed by atoms with Crippen LogP contribution in [0, 0.1) is 76.8 Å². The minimum atomic E-state index is 0. The molecule has 0 aromatic heterocycles. The van der Waals surface area contributed by atoms with Crippen LogP contribution in [-0.4, -0.2) is 247 Å². The SMILES string of the molecule is CC(C)[C-]=C[N-]C(C)C.CCC(C)[N-]C=[C-]C(C)C.CC[N-]C=[C-]C(C)C.[CH-]=C[CH-]C=NC(C)C.[CH-]=C[CH-]C=NC(C)CC.[CH-]=O.[CH-]=O.[CH-]=O.[CH-]=O.[CH-]=O.[CH-]=O.[CH-]=O.[CH-]=O.[CH-]=O.[CH-]=O.[CH-]=O.[CH-]=O.[CH-]=O.[CH-]=O.[CH-]=O.[CH-]=O.[CH-]=O.[CH-]=O.[CH-]=O.[CH-]=O.[CH-]=O.[CH-]=O.[CH-]=O.[CH-]=O.[CH-]=O.[CH-]=O.[CH-]=O.[CH-]=O.[CH-]=O.[CH-]=O.[CH3-].[CH3-].[Ru+3].[Ru+3].[Ru+4].[Ru+4].[Ru+4].[Ru+5].[Ru+5].[Ru+5].[Ru+6].[Ru+6]. The second-order valence-corrected chi connectivity index (χ2v) is 11.2. The van der Waals surface area contributed by atoms with Crippen LogP contribution in [-0.2, 0) is 339 Å². The van der Waals surface area contributed by atoms with E-state index in [1.54, 1.807) is 43.9 Å². The van der Waals surface area contributed by atoms with E-state index in [1.807, 2.05) is 20.8 Å². The first kappa shape index (κ1) is 330. The Hall–Kier alpha value is -6.49. The molecule has 0 saturated carbocycles. The fraction of sp³-hybridized carbons (Fsp3) is 0.352. The molecule has 0 aromatic rings. The molecular formula is C71H105N5O30Ru10+3. The molecule has 116 heavy (non-hydrogen) atoms. The Morgan fingerprint density at radius 3 is 0.586 bits per heavy atom. The van der Waals surface area contributed by atoms with Crippen LogP contribution in [0.4, 0.5) is 0 Å². The fourth-order valence-electron chi connectivity index (χ4n) is 1.68. The summed E-state index contributed by atoms with van der Waals surface area (Å²) < 4.78 is 0. The third kappa shape index (κ3) is 2030. The topological polar surface area (TPSA) is 579 Å². The van der Waals surface area contributed by atoms with Gasteiger partial charge in [0.2, 0.25) is 0 Å². The number of rotatable bonds is 17. The quantitative estimate of drug-likeness (QED) is 0.0831. The molecule has 5 radical (unpaired) electrons. The van der Waals surface area contributed by atoms with Crippen molar-refractivity contribution in [2.24, 2.45) is 27.7 Å². The van der Waals surface area contributed by atoms with Crippen molar-refractivity contribution < 1.29 is 339 Å². The molecule has 0 saturated heterocycles. The molecule has 0 aliphatic rings. The zero-order valence-electron chi connectivity index (χ0n) is 66.4. The summed E-state index contributed by atoms with van der Waals surface area (Å²) in [4.78, 5) is 241. The smallest absolute Gasteiger partial charge is 0.721 e. The summed E-state index contributed by atoms with van der Waals surface area (Å²) in [6.07, 6.45) is 26.6. The summed E-state index contributed by atoms with van der Waals surface area (Å²) in [6, 6.07) is 1.63. The predicted octanol–water partition coefficient (Wildman–Crippen LogP) is 4.59. The Balaban J connectivity index is -0.00000000962. The van der Waals surface area contributed by atoms with Gasteiger partial charge in [0.25, 0.3) is 0 Å². The molecule has 2 unspecified atom stereocenters. The number of aliphatic imine (C=N–C) groups is 2. The van der Waals surface area contributed by atoms with Crippen molar-refractivity contribution >= 4 is 216 Å². The number of hydrogen-bond donors (Lipinski definition) is 0. The van der Waals surface area contributed by atoms with Crippen molar-refractivity contribution in [3.63, 3.8) is 0 Å². The first-order chi connectivity index (χ1) is 50.6. The monoisotopic (exact) mass is 2530 g/mol. The van der Waals surface area contributed by atoms with Crippen molar-refractivity contribution in [3.8, 4) is 0 Å².